The lowest BCUT2D eigenvalue weighted by atomic mass is 9.80. The molecule has 4 aromatic carbocycles. The number of nitrogens with one attached hydrogen (secondary N) is 2. The molecular formula is C46H52N2O6. The van der Waals surface area contributed by atoms with Crippen molar-refractivity contribution in [1.29, 1.82) is 0 Å². The molecule has 0 aliphatic heterocycles. The fraction of sp³-hybridized carbons (Fsp3) is 0.326. The van der Waals surface area contributed by atoms with Crippen LogP contribution in [0.15, 0.2) is 97.6 Å². The number of carbonyl (C=O) groups is 1. The third-order valence-corrected chi connectivity index (χ3v) is 11.0. The molecule has 2 heterocycles. The summed E-state index contributed by atoms with van der Waals surface area (Å²) in [6, 6.07) is 23.5. The Morgan fingerprint density at radius 2 is 1.46 bits per heavy atom. The lowest BCUT2D eigenvalue weighted by Gasteiger charge is -2.26. The number of aliphatic hydroxyl groups is 1. The summed E-state index contributed by atoms with van der Waals surface area (Å²) < 4.78 is 11.2. The SMILES string of the molecule is CCc1c[nH]cc1C[C@@H](Cc1ccc(O)c(OC)c1)C(=O)C[C@@H](O)[C@@H](Cc1cc[nH]c1)Cc1ccc(O)c(OC)c1Cc1c(CC)ccc2ccccc12. The van der Waals surface area contributed by atoms with Crippen LogP contribution in [0.25, 0.3) is 10.8 Å². The lowest BCUT2D eigenvalue weighted by Crippen LogP contribution is -2.31. The largest absolute Gasteiger partial charge is 0.504 e. The van der Waals surface area contributed by atoms with Crippen molar-refractivity contribution in [2.75, 3.05) is 14.2 Å². The maximum Gasteiger partial charge on any atom is 0.164 e. The average molecular weight is 729 g/mol. The Morgan fingerprint density at radius 3 is 2.20 bits per heavy atom. The predicted molar refractivity (Wildman–Crippen MR) is 214 cm³/mol. The molecule has 0 radical (unpaired) electrons. The molecule has 8 heteroatoms. The van der Waals surface area contributed by atoms with Crippen LogP contribution >= 0.6 is 0 Å². The maximum atomic E-state index is 14.4. The van der Waals surface area contributed by atoms with E-state index in [-0.39, 0.29) is 29.6 Å². The first-order valence-electron chi connectivity index (χ1n) is 18.9. The molecule has 5 N–H and O–H groups in total. The summed E-state index contributed by atoms with van der Waals surface area (Å²) in [5.74, 6) is 0.144. The number of aryl methyl sites for hydroxylation is 2. The van der Waals surface area contributed by atoms with Crippen LogP contribution in [-0.2, 0) is 49.7 Å². The Balaban J connectivity index is 1.33. The van der Waals surface area contributed by atoms with Gasteiger partial charge >= 0.3 is 0 Å². The minimum Gasteiger partial charge on any atom is -0.504 e. The van der Waals surface area contributed by atoms with Crippen molar-refractivity contribution < 1.29 is 29.6 Å². The lowest BCUT2D eigenvalue weighted by molar-refractivity contribution is -0.125. The molecule has 0 unspecified atom stereocenters. The zero-order valence-electron chi connectivity index (χ0n) is 31.7. The molecule has 0 spiro atoms. The van der Waals surface area contributed by atoms with Crippen LogP contribution in [-0.4, -0.2) is 51.4 Å². The molecule has 0 bridgehead atoms. The number of phenols is 2. The highest BCUT2D eigenvalue weighted by molar-refractivity contribution is 5.87. The van der Waals surface area contributed by atoms with E-state index in [2.05, 4.69) is 54.1 Å². The van der Waals surface area contributed by atoms with Gasteiger partial charge in [0.25, 0.3) is 0 Å². The number of fused-ring (bicyclic) bond motifs is 1. The van der Waals surface area contributed by atoms with E-state index in [4.69, 9.17) is 9.47 Å². The standard InChI is InChI=1S/C46H52N2O6/c1-5-31-12-13-33-9-7-8-10-38(33)39(31)24-40-34(14-16-42(50)46(40)54-4)22-36(20-30-17-18-47-26-30)44(52)25-43(51)35(23-37-28-48-27-32(37)6-2)19-29-11-15-41(49)45(21-29)53-3/h7-18,21,26-28,35-36,44,47-50,52H,5-6,19-20,22-25H2,1-4H3/t35-,36+,44-/m1/s1. The Hall–Kier alpha value is -5.47. The van der Waals surface area contributed by atoms with Gasteiger partial charge in [0.05, 0.1) is 20.3 Å². The molecule has 0 saturated carbocycles. The number of rotatable bonds is 18. The molecule has 0 amide bonds. The molecule has 6 aromatic rings. The molecule has 0 aliphatic rings. The minimum absolute atomic E-state index is 0.0191. The first-order chi connectivity index (χ1) is 26.2. The smallest absolute Gasteiger partial charge is 0.164 e. The summed E-state index contributed by atoms with van der Waals surface area (Å²) in [4.78, 5) is 20.7. The van der Waals surface area contributed by atoms with Crippen molar-refractivity contribution in [2.45, 2.75) is 71.3 Å². The number of H-pyrrole nitrogens is 2. The van der Waals surface area contributed by atoms with Crippen molar-refractivity contribution in [3.8, 4) is 23.0 Å². The topological polar surface area (TPSA) is 128 Å². The first kappa shape index (κ1) is 38.3. The van der Waals surface area contributed by atoms with Crippen molar-refractivity contribution >= 4 is 16.6 Å². The number of aliphatic hydroxyl groups excluding tert-OH is 1. The molecule has 8 nitrogen and oxygen atoms in total. The second-order valence-corrected chi connectivity index (χ2v) is 14.3. The van der Waals surface area contributed by atoms with Gasteiger partial charge in [0.1, 0.15) is 5.78 Å². The molecular weight excluding hydrogens is 677 g/mol. The fourth-order valence-corrected chi connectivity index (χ4v) is 7.97. The third-order valence-electron chi connectivity index (χ3n) is 11.0. The first-order valence-corrected chi connectivity index (χ1v) is 18.9. The molecule has 0 saturated heterocycles. The van der Waals surface area contributed by atoms with Crippen molar-refractivity contribution in [2.24, 2.45) is 11.8 Å². The van der Waals surface area contributed by atoms with E-state index >= 15 is 0 Å². The average Bonchev–Trinajstić information content (AvgIpc) is 3.88. The quantitative estimate of drug-likeness (QED) is 0.0605. The van der Waals surface area contributed by atoms with Gasteiger partial charge in [0.2, 0.25) is 0 Å². The second kappa shape index (κ2) is 17.6. The van der Waals surface area contributed by atoms with Crippen LogP contribution in [0.1, 0.15) is 64.8 Å². The number of hydrogen-bond acceptors (Lipinski definition) is 6. The van der Waals surface area contributed by atoms with Crippen LogP contribution in [0.5, 0.6) is 23.0 Å². The van der Waals surface area contributed by atoms with E-state index in [0.29, 0.717) is 43.6 Å². The summed E-state index contributed by atoms with van der Waals surface area (Å²) in [5.41, 5.74) is 8.39. The molecule has 6 rings (SSSR count). The minimum atomic E-state index is -0.947. The molecule has 54 heavy (non-hydrogen) atoms. The van der Waals surface area contributed by atoms with Crippen LogP contribution in [0.3, 0.4) is 0 Å². The summed E-state index contributed by atoms with van der Waals surface area (Å²) in [6.07, 6.45) is 11.0. The Bertz CT molecular complexity index is 2170. The number of Topliss-reactive ketones (excluding diaryl/α,β-unsaturated/α-hetero) is 1. The van der Waals surface area contributed by atoms with Gasteiger partial charge in [-0.25, -0.2) is 0 Å². The fourth-order valence-electron chi connectivity index (χ4n) is 7.97. The number of methoxy groups -OCH3 is 2. The monoisotopic (exact) mass is 728 g/mol. The van der Waals surface area contributed by atoms with Gasteiger partial charge in [0.15, 0.2) is 23.0 Å². The maximum absolute atomic E-state index is 14.4. The Kier molecular flexibility index (Phi) is 12.4. The summed E-state index contributed by atoms with van der Waals surface area (Å²) in [7, 11) is 3.09. The van der Waals surface area contributed by atoms with E-state index < -0.39 is 12.0 Å². The van der Waals surface area contributed by atoms with Crippen molar-refractivity contribution in [1.82, 2.24) is 9.97 Å². The van der Waals surface area contributed by atoms with Gasteiger partial charge in [-0.1, -0.05) is 62.4 Å². The Morgan fingerprint density at radius 1 is 0.704 bits per heavy atom. The van der Waals surface area contributed by atoms with Crippen LogP contribution < -0.4 is 9.47 Å². The van der Waals surface area contributed by atoms with Gasteiger partial charge in [-0.2, -0.15) is 0 Å². The molecule has 2 aromatic heterocycles. The number of hydrogen-bond donors (Lipinski definition) is 5. The van der Waals surface area contributed by atoms with Gasteiger partial charge in [-0.3, -0.25) is 4.79 Å². The summed E-state index contributed by atoms with van der Waals surface area (Å²) in [6.45, 7) is 4.25. The molecule has 0 fully saturated rings. The number of aromatic hydroxyl groups is 2. The van der Waals surface area contributed by atoms with E-state index in [1.807, 2.05) is 49.1 Å². The van der Waals surface area contributed by atoms with Gasteiger partial charge in [0, 0.05) is 49.1 Å². The summed E-state index contributed by atoms with van der Waals surface area (Å²) >= 11 is 0. The number of ketones is 1. The van der Waals surface area contributed by atoms with E-state index in [1.54, 1.807) is 25.3 Å². The zero-order valence-corrected chi connectivity index (χ0v) is 31.7. The van der Waals surface area contributed by atoms with E-state index in [0.717, 1.165) is 57.0 Å². The highest BCUT2D eigenvalue weighted by Crippen LogP contribution is 2.38. The number of aromatic amines is 2. The van der Waals surface area contributed by atoms with Gasteiger partial charge in [-0.15, -0.1) is 0 Å². The van der Waals surface area contributed by atoms with Gasteiger partial charge < -0.3 is 34.8 Å². The highest BCUT2D eigenvalue weighted by atomic mass is 16.5. The Labute approximate surface area is 317 Å². The summed E-state index contributed by atoms with van der Waals surface area (Å²) in [5, 5.41) is 35.7. The highest BCUT2D eigenvalue weighted by Gasteiger charge is 2.30. The van der Waals surface area contributed by atoms with Crippen LogP contribution in [0.4, 0.5) is 0 Å². The number of ether oxygens (including phenoxy) is 2. The number of phenolic OH excluding ortho intramolecular Hbond substituents is 2. The van der Waals surface area contributed by atoms with Gasteiger partial charge in [-0.05, 0) is 118 Å². The number of carbonyl (C=O) groups excluding carboxylic acids is 1. The number of benzene rings is 4. The third kappa shape index (κ3) is 8.66. The molecule has 282 valence electrons. The van der Waals surface area contributed by atoms with Crippen LogP contribution in [0.2, 0.25) is 0 Å². The predicted octanol–water partition coefficient (Wildman–Crippen LogP) is 8.46. The molecule has 3 atom stereocenters. The van der Waals surface area contributed by atoms with Crippen molar-refractivity contribution in [3.63, 3.8) is 0 Å². The van der Waals surface area contributed by atoms with Crippen molar-refractivity contribution in [3.05, 3.63) is 142 Å². The normalized spacial score (nSPS) is 13.1. The zero-order chi connectivity index (χ0) is 38.2. The number of aromatic nitrogens is 2. The van der Waals surface area contributed by atoms with E-state index in [9.17, 15) is 20.1 Å². The molecule has 0 aliphatic carbocycles. The van der Waals surface area contributed by atoms with Crippen LogP contribution in [0, 0.1) is 11.8 Å². The van der Waals surface area contributed by atoms with E-state index in [1.165, 1.54) is 18.2 Å². The second-order valence-electron chi connectivity index (χ2n) is 14.3.